The molecule has 0 N–H and O–H groups in total. The molecule has 3 nitrogen and oxygen atoms in total. The van der Waals surface area contributed by atoms with E-state index < -0.39 is 0 Å². The second-order valence-electron chi connectivity index (χ2n) is 3.06. The molecule has 3 heteroatoms. The zero-order valence-electron chi connectivity index (χ0n) is 7.61. The third kappa shape index (κ3) is 0.812. The van der Waals surface area contributed by atoms with Crippen LogP contribution >= 0.6 is 0 Å². The van der Waals surface area contributed by atoms with E-state index in [9.17, 15) is 0 Å². The van der Waals surface area contributed by atoms with Crippen molar-refractivity contribution in [1.29, 1.82) is 0 Å². The monoisotopic (exact) mass is 188 g/mol. The van der Waals surface area contributed by atoms with Gasteiger partial charge in [-0.3, -0.25) is 0 Å². The number of ether oxygens (including phenoxy) is 1. The number of furan rings is 2. The van der Waals surface area contributed by atoms with Crippen molar-refractivity contribution in [3.63, 3.8) is 0 Å². The Bertz CT molecular complexity index is 589. The van der Waals surface area contributed by atoms with Gasteiger partial charge in [0.2, 0.25) is 0 Å². The lowest BCUT2D eigenvalue weighted by Crippen LogP contribution is -1.81. The Morgan fingerprint density at radius 3 is 2.93 bits per heavy atom. The number of para-hydroxylation sites is 1. The van der Waals surface area contributed by atoms with Crippen molar-refractivity contribution in [2.24, 2.45) is 0 Å². The molecule has 0 saturated heterocycles. The van der Waals surface area contributed by atoms with Crippen molar-refractivity contribution < 1.29 is 13.6 Å². The minimum atomic E-state index is 0.546. The van der Waals surface area contributed by atoms with Crippen LogP contribution in [0.2, 0.25) is 0 Å². The Morgan fingerprint density at radius 2 is 2.07 bits per heavy atom. The number of benzene rings is 1. The number of rotatable bonds is 1. The van der Waals surface area contributed by atoms with Crippen LogP contribution in [0.5, 0.6) is 5.75 Å². The van der Waals surface area contributed by atoms with Gasteiger partial charge in [0, 0.05) is 5.39 Å². The lowest BCUT2D eigenvalue weighted by Gasteiger charge is -1.97. The minimum absolute atomic E-state index is 0.546. The number of fused-ring (bicyclic) bond motifs is 3. The molecule has 0 fully saturated rings. The van der Waals surface area contributed by atoms with Gasteiger partial charge in [0.1, 0.15) is 0 Å². The molecule has 1 aromatic carbocycles. The molecule has 0 amide bonds. The average molecular weight is 188 g/mol. The molecule has 0 aliphatic carbocycles. The summed E-state index contributed by atoms with van der Waals surface area (Å²) >= 11 is 0. The highest BCUT2D eigenvalue weighted by Crippen LogP contribution is 2.34. The van der Waals surface area contributed by atoms with Crippen LogP contribution in [0.15, 0.2) is 39.4 Å². The van der Waals surface area contributed by atoms with Gasteiger partial charge in [0.05, 0.1) is 18.8 Å². The van der Waals surface area contributed by atoms with E-state index in [2.05, 4.69) is 0 Å². The Kier molecular flexibility index (Phi) is 1.36. The van der Waals surface area contributed by atoms with E-state index in [1.807, 2.05) is 24.3 Å². The molecule has 2 aromatic heterocycles. The molecular weight excluding hydrogens is 180 g/mol. The standard InChI is InChI=1S/C11H8O3/c1-12-9-4-2-3-7-8-5-6-13-11(8)14-10(7)9/h2-6H,1H3. The normalized spacial score (nSPS) is 11.2. The topological polar surface area (TPSA) is 35.5 Å². The van der Waals surface area contributed by atoms with E-state index in [0.29, 0.717) is 5.78 Å². The van der Waals surface area contributed by atoms with Crippen molar-refractivity contribution in [2.75, 3.05) is 7.11 Å². The number of hydrogen-bond acceptors (Lipinski definition) is 3. The first-order valence-corrected chi connectivity index (χ1v) is 4.33. The number of hydrogen-bond donors (Lipinski definition) is 0. The molecule has 14 heavy (non-hydrogen) atoms. The SMILES string of the molecule is COc1cccc2c1oc1occc12. The summed E-state index contributed by atoms with van der Waals surface area (Å²) < 4.78 is 15.9. The van der Waals surface area contributed by atoms with E-state index >= 15 is 0 Å². The van der Waals surface area contributed by atoms with Crippen molar-refractivity contribution >= 4 is 22.1 Å². The van der Waals surface area contributed by atoms with Gasteiger partial charge < -0.3 is 13.6 Å². The predicted octanol–water partition coefficient (Wildman–Crippen LogP) is 3.19. The smallest absolute Gasteiger partial charge is 0.298 e. The molecule has 0 bridgehead atoms. The molecule has 2 heterocycles. The van der Waals surface area contributed by atoms with Crippen LogP contribution in [0, 0.1) is 0 Å². The van der Waals surface area contributed by atoms with Crippen LogP contribution in [0.25, 0.3) is 22.1 Å². The van der Waals surface area contributed by atoms with E-state index in [4.69, 9.17) is 13.6 Å². The first kappa shape index (κ1) is 7.50. The van der Waals surface area contributed by atoms with Gasteiger partial charge in [0.15, 0.2) is 11.3 Å². The Morgan fingerprint density at radius 1 is 1.14 bits per heavy atom. The molecule has 3 aromatic rings. The van der Waals surface area contributed by atoms with Crippen molar-refractivity contribution in [3.05, 3.63) is 30.5 Å². The van der Waals surface area contributed by atoms with Gasteiger partial charge >= 0.3 is 0 Å². The second-order valence-corrected chi connectivity index (χ2v) is 3.06. The van der Waals surface area contributed by atoms with Crippen LogP contribution in [0.3, 0.4) is 0 Å². The fourth-order valence-corrected chi connectivity index (χ4v) is 1.66. The lowest BCUT2D eigenvalue weighted by molar-refractivity contribution is 0.407. The molecule has 0 atom stereocenters. The highest BCUT2D eigenvalue weighted by molar-refractivity contribution is 6.05. The summed E-state index contributed by atoms with van der Waals surface area (Å²) in [5, 5.41) is 2.01. The summed E-state index contributed by atoms with van der Waals surface area (Å²) in [4.78, 5) is 0. The van der Waals surface area contributed by atoms with Crippen LogP contribution in [-0.4, -0.2) is 7.11 Å². The Balaban J connectivity index is 2.54. The maximum absolute atomic E-state index is 5.52. The highest BCUT2D eigenvalue weighted by atomic mass is 16.5. The molecule has 0 aliphatic heterocycles. The van der Waals surface area contributed by atoms with E-state index in [-0.39, 0.29) is 0 Å². The third-order valence-electron chi connectivity index (χ3n) is 2.31. The molecule has 70 valence electrons. The fourth-order valence-electron chi connectivity index (χ4n) is 1.66. The zero-order chi connectivity index (χ0) is 9.54. The third-order valence-corrected chi connectivity index (χ3v) is 2.31. The van der Waals surface area contributed by atoms with Gasteiger partial charge in [-0.15, -0.1) is 0 Å². The van der Waals surface area contributed by atoms with Crippen LogP contribution in [0.4, 0.5) is 0 Å². The summed E-state index contributed by atoms with van der Waals surface area (Å²) in [5.74, 6) is 1.28. The highest BCUT2D eigenvalue weighted by Gasteiger charge is 2.12. The first-order chi connectivity index (χ1) is 6.90. The van der Waals surface area contributed by atoms with Crippen LogP contribution < -0.4 is 4.74 Å². The van der Waals surface area contributed by atoms with Gasteiger partial charge in [-0.1, -0.05) is 12.1 Å². The van der Waals surface area contributed by atoms with Gasteiger partial charge in [-0.05, 0) is 12.1 Å². The lowest BCUT2D eigenvalue weighted by atomic mass is 10.2. The number of methoxy groups -OCH3 is 1. The maximum atomic E-state index is 5.52. The summed E-state index contributed by atoms with van der Waals surface area (Å²) in [6.45, 7) is 0. The molecule has 0 spiro atoms. The van der Waals surface area contributed by atoms with Crippen molar-refractivity contribution in [3.8, 4) is 5.75 Å². The van der Waals surface area contributed by atoms with E-state index in [1.165, 1.54) is 0 Å². The first-order valence-electron chi connectivity index (χ1n) is 4.33. The molecule has 0 saturated carbocycles. The molecular formula is C11H8O3. The molecule has 0 radical (unpaired) electrons. The second kappa shape index (κ2) is 2.54. The average Bonchev–Trinajstić information content (AvgIpc) is 2.76. The predicted molar refractivity (Wildman–Crippen MR) is 52.5 cm³/mol. The van der Waals surface area contributed by atoms with Gasteiger partial charge in [-0.2, -0.15) is 0 Å². The maximum Gasteiger partial charge on any atom is 0.298 e. The zero-order valence-corrected chi connectivity index (χ0v) is 7.61. The van der Waals surface area contributed by atoms with Crippen LogP contribution in [0.1, 0.15) is 0 Å². The van der Waals surface area contributed by atoms with Crippen molar-refractivity contribution in [1.82, 2.24) is 0 Å². The van der Waals surface area contributed by atoms with Crippen molar-refractivity contribution in [2.45, 2.75) is 0 Å². The molecule has 3 rings (SSSR count). The Hall–Kier alpha value is -1.90. The summed E-state index contributed by atoms with van der Waals surface area (Å²) in [6.07, 6.45) is 1.62. The largest absolute Gasteiger partial charge is 0.493 e. The van der Waals surface area contributed by atoms with E-state index in [0.717, 1.165) is 22.1 Å². The molecule has 0 unspecified atom stereocenters. The fraction of sp³-hybridized carbons (Fsp3) is 0.0909. The minimum Gasteiger partial charge on any atom is -0.493 e. The summed E-state index contributed by atoms with van der Waals surface area (Å²) in [6, 6.07) is 7.67. The van der Waals surface area contributed by atoms with Crippen LogP contribution in [-0.2, 0) is 0 Å². The summed E-state index contributed by atoms with van der Waals surface area (Å²) in [5.41, 5.74) is 0.740. The van der Waals surface area contributed by atoms with E-state index in [1.54, 1.807) is 13.4 Å². The Labute approximate surface area is 79.9 Å². The quantitative estimate of drug-likeness (QED) is 0.588. The van der Waals surface area contributed by atoms with Gasteiger partial charge in [-0.25, -0.2) is 0 Å². The van der Waals surface area contributed by atoms with Gasteiger partial charge in [0.25, 0.3) is 5.78 Å². The summed E-state index contributed by atoms with van der Waals surface area (Å²) in [7, 11) is 1.62. The molecule has 0 aliphatic rings.